The van der Waals surface area contributed by atoms with Gasteiger partial charge >= 0.3 is 5.97 Å². The van der Waals surface area contributed by atoms with Crippen LogP contribution in [-0.2, 0) is 22.6 Å². The van der Waals surface area contributed by atoms with Crippen LogP contribution in [0.2, 0.25) is 0 Å². The summed E-state index contributed by atoms with van der Waals surface area (Å²) in [5, 5.41) is 4.87. The Balaban J connectivity index is 1.72. The van der Waals surface area contributed by atoms with E-state index in [9.17, 15) is 14.4 Å². The molecule has 0 saturated heterocycles. The summed E-state index contributed by atoms with van der Waals surface area (Å²) < 4.78 is 4.79. The first kappa shape index (κ1) is 24.7. The lowest BCUT2D eigenvalue weighted by molar-refractivity contribution is -0.126. The second-order valence-electron chi connectivity index (χ2n) is 7.82. The molecule has 1 atom stereocenters. The maximum atomic E-state index is 13.7. The van der Waals surface area contributed by atoms with Gasteiger partial charge in [0, 0.05) is 23.8 Å². The van der Waals surface area contributed by atoms with Gasteiger partial charge in [-0.3, -0.25) is 14.6 Å². The molecule has 2 aromatic heterocycles. The quantitative estimate of drug-likeness (QED) is 0.348. The number of nitrogens with one attached hydrogen (secondary N) is 1. The molecule has 4 aromatic rings. The number of amides is 2. The van der Waals surface area contributed by atoms with Crippen molar-refractivity contribution in [2.45, 2.75) is 19.1 Å². The van der Waals surface area contributed by atoms with Crippen molar-refractivity contribution < 1.29 is 19.1 Å². The van der Waals surface area contributed by atoms with E-state index < -0.39 is 17.9 Å². The van der Waals surface area contributed by atoms with Gasteiger partial charge < -0.3 is 15.0 Å². The second-order valence-corrected chi connectivity index (χ2v) is 8.85. The van der Waals surface area contributed by atoms with Crippen LogP contribution in [-0.4, -0.2) is 39.8 Å². The molecule has 4 rings (SSSR count). The van der Waals surface area contributed by atoms with Crippen molar-refractivity contribution >= 4 is 29.1 Å². The highest BCUT2D eigenvalue weighted by Crippen LogP contribution is 2.27. The lowest BCUT2D eigenvalue weighted by atomic mass is 10.0. The monoisotopic (exact) mass is 500 g/mol. The molecule has 0 fully saturated rings. The van der Waals surface area contributed by atoms with Crippen LogP contribution in [0.15, 0.2) is 90.7 Å². The summed E-state index contributed by atoms with van der Waals surface area (Å²) in [4.78, 5) is 49.8. The third kappa shape index (κ3) is 6.00. The third-order valence-electron chi connectivity index (χ3n) is 5.47. The topological polar surface area (TPSA) is 101 Å². The molecule has 36 heavy (non-hydrogen) atoms. The van der Waals surface area contributed by atoms with E-state index in [0.717, 1.165) is 10.4 Å². The molecule has 0 aliphatic carbocycles. The van der Waals surface area contributed by atoms with E-state index in [1.54, 1.807) is 24.3 Å². The summed E-state index contributed by atoms with van der Waals surface area (Å²) in [6.07, 6.45) is 4.30. The molecule has 0 aliphatic heterocycles. The molecule has 0 bridgehead atoms. The molecule has 182 valence electrons. The van der Waals surface area contributed by atoms with Gasteiger partial charge in [-0.1, -0.05) is 48.5 Å². The molecule has 0 aliphatic rings. The fourth-order valence-electron chi connectivity index (χ4n) is 3.68. The summed E-state index contributed by atoms with van der Waals surface area (Å²) in [6, 6.07) is 18.8. The van der Waals surface area contributed by atoms with Crippen molar-refractivity contribution in [3.63, 3.8) is 0 Å². The number of nitrogens with zero attached hydrogens (tertiary/aromatic N) is 3. The molecule has 0 saturated carbocycles. The number of esters is 1. The van der Waals surface area contributed by atoms with Crippen LogP contribution in [0.5, 0.6) is 0 Å². The van der Waals surface area contributed by atoms with Crippen molar-refractivity contribution in [2.75, 3.05) is 7.11 Å². The van der Waals surface area contributed by atoms with Crippen LogP contribution in [0, 0.1) is 0 Å². The van der Waals surface area contributed by atoms with Crippen molar-refractivity contribution in [1.82, 2.24) is 20.2 Å². The first-order chi connectivity index (χ1) is 17.6. The van der Waals surface area contributed by atoms with Gasteiger partial charge in [-0.15, -0.1) is 11.3 Å². The van der Waals surface area contributed by atoms with E-state index in [4.69, 9.17) is 4.74 Å². The standard InChI is InChI=1S/C27H24N4O4S/c1-35-27(34)21-11-9-20(10-12-21)24(25(32)30-16-19-6-3-2-4-7-19)31(18-22-8-5-15-36-22)26(33)23-17-28-13-14-29-23/h2-15,17,24H,16,18H2,1H3,(H,30,32)/t24-/m1/s1. The van der Waals surface area contributed by atoms with Crippen molar-refractivity contribution in [3.8, 4) is 0 Å². The van der Waals surface area contributed by atoms with Crippen molar-refractivity contribution in [1.29, 1.82) is 0 Å². The largest absolute Gasteiger partial charge is 0.465 e. The van der Waals surface area contributed by atoms with Crippen LogP contribution in [0.25, 0.3) is 0 Å². The van der Waals surface area contributed by atoms with Gasteiger partial charge in [0.1, 0.15) is 11.7 Å². The summed E-state index contributed by atoms with van der Waals surface area (Å²) in [7, 11) is 1.30. The Hall–Kier alpha value is -4.37. The normalized spacial score (nSPS) is 11.4. The van der Waals surface area contributed by atoms with Crippen LogP contribution >= 0.6 is 11.3 Å². The molecule has 0 radical (unpaired) electrons. The van der Waals surface area contributed by atoms with Crippen LogP contribution in [0.4, 0.5) is 0 Å². The number of carbonyl (C=O) groups excluding carboxylic acids is 3. The zero-order valence-corrected chi connectivity index (χ0v) is 20.4. The number of ether oxygens (including phenoxy) is 1. The molecule has 1 N–H and O–H groups in total. The minimum atomic E-state index is -0.989. The highest BCUT2D eigenvalue weighted by atomic mass is 32.1. The molecule has 2 heterocycles. The third-order valence-corrected chi connectivity index (χ3v) is 6.33. The number of carbonyl (C=O) groups is 3. The minimum absolute atomic E-state index is 0.126. The van der Waals surface area contributed by atoms with Gasteiger partial charge in [-0.2, -0.15) is 0 Å². The van der Waals surface area contributed by atoms with Crippen LogP contribution in [0.3, 0.4) is 0 Å². The molecule has 2 aromatic carbocycles. The zero-order valence-electron chi connectivity index (χ0n) is 19.5. The Bertz CT molecular complexity index is 1300. The molecule has 9 heteroatoms. The average molecular weight is 501 g/mol. The molecular weight excluding hydrogens is 476 g/mol. The van der Waals surface area contributed by atoms with Gasteiger partial charge in [0.25, 0.3) is 5.91 Å². The van der Waals surface area contributed by atoms with Gasteiger partial charge in [0.05, 0.1) is 25.4 Å². The Morgan fingerprint density at radius 1 is 1.00 bits per heavy atom. The lowest BCUT2D eigenvalue weighted by Crippen LogP contribution is -2.43. The first-order valence-electron chi connectivity index (χ1n) is 11.2. The fraction of sp³-hybridized carbons (Fsp3) is 0.148. The Kier molecular flexibility index (Phi) is 8.15. The molecule has 8 nitrogen and oxygen atoms in total. The van der Waals surface area contributed by atoms with Gasteiger partial charge in [0.2, 0.25) is 5.91 Å². The number of hydrogen-bond acceptors (Lipinski definition) is 7. The SMILES string of the molecule is COC(=O)c1ccc([C@H](C(=O)NCc2ccccc2)N(Cc2cccs2)C(=O)c2cnccn2)cc1. The number of benzene rings is 2. The summed E-state index contributed by atoms with van der Waals surface area (Å²) in [5.41, 5.74) is 1.94. The average Bonchev–Trinajstić information content (AvgIpc) is 3.45. The van der Waals surface area contributed by atoms with E-state index in [-0.39, 0.29) is 18.1 Å². The maximum absolute atomic E-state index is 13.7. The molecule has 2 amide bonds. The Morgan fingerprint density at radius 2 is 1.78 bits per heavy atom. The molecular formula is C27H24N4O4S. The van der Waals surface area contributed by atoms with E-state index in [1.807, 2.05) is 47.8 Å². The molecule has 0 unspecified atom stereocenters. The first-order valence-corrected chi connectivity index (χ1v) is 12.0. The lowest BCUT2D eigenvalue weighted by Gasteiger charge is -2.31. The van der Waals surface area contributed by atoms with Crippen LogP contribution < -0.4 is 5.32 Å². The molecule has 0 spiro atoms. The number of hydrogen-bond donors (Lipinski definition) is 1. The highest BCUT2D eigenvalue weighted by molar-refractivity contribution is 7.09. The van der Waals surface area contributed by atoms with Gasteiger partial charge in [-0.25, -0.2) is 9.78 Å². The second kappa shape index (κ2) is 11.9. The Labute approximate surface area is 212 Å². The highest BCUT2D eigenvalue weighted by Gasteiger charge is 2.33. The predicted octanol–water partition coefficient (Wildman–Crippen LogP) is 4.02. The number of thiophene rings is 1. The number of methoxy groups -OCH3 is 1. The maximum Gasteiger partial charge on any atom is 0.337 e. The summed E-state index contributed by atoms with van der Waals surface area (Å²) >= 11 is 1.48. The number of rotatable bonds is 9. The minimum Gasteiger partial charge on any atom is -0.465 e. The number of aromatic nitrogens is 2. The van der Waals surface area contributed by atoms with E-state index in [1.165, 1.54) is 41.9 Å². The van der Waals surface area contributed by atoms with E-state index >= 15 is 0 Å². The van der Waals surface area contributed by atoms with E-state index in [2.05, 4.69) is 15.3 Å². The smallest absolute Gasteiger partial charge is 0.337 e. The fourth-order valence-corrected chi connectivity index (χ4v) is 4.38. The van der Waals surface area contributed by atoms with Gasteiger partial charge in [-0.05, 0) is 34.7 Å². The van der Waals surface area contributed by atoms with Crippen molar-refractivity contribution in [2.24, 2.45) is 0 Å². The Morgan fingerprint density at radius 3 is 2.42 bits per heavy atom. The van der Waals surface area contributed by atoms with Crippen molar-refractivity contribution in [3.05, 3.63) is 118 Å². The summed E-state index contributed by atoms with van der Waals surface area (Å²) in [6.45, 7) is 0.484. The summed E-state index contributed by atoms with van der Waals surface area (Å²) in [5.74, 6) is -1.29. The zero-order chi connectivity index (χ0) is 25.3. The predicted molar refractivity (Wildman–Crippen MR) is 135 cm³/mol. The van der Waals surface area contributed by atoms with Crippen LogP contribution in [0.1, 0.15) is 42.9 Å². The van der Waals surface area contributed by atoms with E-state index in [0.29, 0.717) is 17.7 Å². The van der Waals surface area contributed by atoms with Gasteiger partial charge in [0.15, 0.2) is 0 Å².